The third kappa shape index (κ3) is 4.16. The van der Waals surface area contributed by atoms with Crippen LogP contribution in [0.5, 0.6) is 11.5 Å². The molecular formula is C17H20N4O4. The molecule has 132 valence electrons. The molecule has 0 unspecified atom stereocenters. The van der Waals surface area contributed by atoms with Gasteiger partial charge in [0.1, 0.15) is 11.5 Å². The van der Waals surface area contributed by atoms with Gasteiger partial charge in [0.2, 0.25) is 0 Å². The molecule has 25 heavy (non-hydrogen) atoms. The molecule has 8 heteroatoms. The second kappa shape index (κ2) is 7.80. The molecule has 2 aromatic rings. The molecule has 0 aliphatic carbocycles. The van der Waals surface area contributed by atoms with Gasteiger partial charge in [-0.2, -0.15) is 0 Å². The summed E-state index contributed by atoms with van der Waals surface area (Å²) in [6, 6.07) is 8.59. The number of benzene rings is 1. The lowest BCUT2D eigenvalue weighted by Crippen LogP contribution is -2.37. The van der Waals surface area contributed by atoms with Crippen molar-refractivity contribution in [3.8, 4) is 11.5 Å². The Morgan fingerprint density at radius 3 is 2.32 bits per heavy atom. The maximum atomic E-state index is 12.4. The third-order valence-electron chi connectivity index (χ3n) is 3.83. The highest BCUT2D eigenvalue weighted by Gasteiger charge is 2.15. The van der Waals surface area contributed by atoms with Crippen molar-refractivity contribution in [3.63, 3.8) is 0 Å². The highest BCUT2D eigenvalue weighted by atomic mass is 16.5. The summed E-state index contributed by atoms with van der Waals surface area (Å²) in [4.78, 5) is 14.4. The number of ether oxygens (including phenoxy) is 3. The summed E-state index contributed by atoms with van der Waals surface area (Å²) in [5.41, 5.74) is 0.791. The lowest BCUT2D eigenvalue weighted by molar-refractivity contribution is 0.102. The molecule has 1 amide bonds. The predicted molar refractivity (Wildman–Crippen MR) is 92.6 cm³/mol. The van der Waals surface area contributed by atoms with Crippen molar-refractivity contribution < 1.29 is 19.0 Å². The molecule has 3 rings (SSSR count). The van der Waals surface area contributed by atoms with Crippen molar-refractivity contribution in [2.75, 3.05) is 50.7 Å². The van der Waals surface area contributed by atoms with Crippen LogP contribution < -0.4 is 19.7 Å². The van der Waals surface area contributed by atoms with Crippen molar-refractivity contribution in [2.24, 2.45) is 0 Å². The number of hydrogen-bond donors (Lipinski definition) is 1. The minimum atomic E-state index is -0.351. The zero-order valence-corrected chi connectivity index (χ0v) is 14.2. The van der Waals surface area contributed by atoms with Crippen LogP contribution in [-0.4, -0.2) is 56.6 Å². The van der Waals surface area contributed by atoms with Crippen LogP contribution in [0.2, 0.25) is 0 Å². The standard InChI is InChI=1S/C17H20N4O4/c1-23-13-9-12(10-14(11-13)24-2)18-17(22)15-3-4-16(20-19-15)21-5-7-25-8-6-21/h3-4,9-11H,5-8H2,1-2H3,(H,18,22). The molecule has 1 N–H and O–H groups in total. The average Bonchev–Trinajstić information content (AvgIpc) is 2.68. The lowest BCUT2D eigenvalue weighted by Gasteiger charge is -2.27. The van der Waals surface area contributed by atoms with E-state index in [1.165, 1.54) is 0 Å². The summed E-state index contributed by atoms with van der Waals surface area (Å²) in [5, 5.41) is 10.9. The van der Waals surface area contributed by atoms with Crippen molar-refractivity contribution in [1.82, 2.24) is 10.2 Å². The molecule has 8 nitrogen and oxygen atoms in total. The molecule has 1 aromatic carbocycles. The Kier molecular flexibility index (Phi) is 5.30. The van der Waals surface area contributed by atoms with Gasteiger partial charge in [-0.3, -0.25) is 4.79 Å². The Labute approximate surface area is 145 Å². The van der Waals surface area contributed by atoms with E-state index in [0.717, 1.165) is 18.9 Å². The number of aromatic nitrogens is 2. The molecule has 1 fully saturated rings. The molecule has 2 heterocycles. The highest BCUT2D eigenvalue weighted by Crippen LogP contribution is 2.26. The third-order valence-corrected chi connectivity index (χ3v) is 3.83. The topological polar surface area (TPSA) is 85.8 Å². The van der Waals surface area contributed by atoms with Crippen LogP contribution in [0.3, 0.4) is 0 Å². The highest BCUT2D eigenvalue weighted by molar-refractivity contribution is 6.03. The van der Waals surface area contributed by atoms with Crippen LogP contribution in [0, 0.1) is 0 Å². The monoisotopic (exact) mass is 344 g/mol. The number of morpholine rings is 1. The first-order valence-corrected chi connectivity index (χ1v) is 7.90. The maximum Gasteiger partial charge on any atom is 0.276 e. The molecule has 0 atom stereocenters. The molecular weight excluding hydrogens is 324 g/mol. The van der Waals surface area contributed by atoms with Gasteiger partial charge in [-0.25, -0.2) is 0 Å². The first-order chi connectivity index (χ1) is 12.2. The zero-order chi connectivity index (χ0) is 17.6. The molecule has 1 aliphatic heterocycles. The predicted octanol–water partition coefficient (Wildman–Crippen LogP) is 1.58. The van der Waals surface area contributed by atoms with Gasteiger partial charge in [0.15, 0.2) is 11.5 Å². The molecule has 1 aliphatic rings. The van der Waals surface area contributed by atoms with Gasteiger partial charge in [0.05, 0.1) is 27.4 Å². The van der Waals surface area contributed by atoms with E-state index in [9.17, 15) is 4.79 Å². The van der Waals surface area contributed by atoms with Crippen LogP contribution in [-0.2, 0) is 4.74 Å². The molecule has 0 radical (unpaired) electrons. The smallest absolute Gasteiger partial charge is 0.276 e. The number of carbonyl (C=O) groups is 1. The summed E-state index contributed by atoms with van der Waals surface area (Å²) in [7, 11) is 3.10. The van der Waals surface area contributed by atoms with Crippen LogP contribution in [0.1, 0.15) is 10.5 Å². The Balaban J connectivity index is 1.70. The minimum Gasteiger partial charge on any atom is -0.497 e. The number of amides is 1. The number of hydrogen-bond acceptors (Lipinski definition) is 7. The first kappa shape index (κ1) is 17.0. The number of nitrogens with one attached hydrogen (secondary N) is 1. The van der Waals surface area contributed by atoms with E-state index in [1.54, 1.807) is 44.6 Å². The fourth-order valence-corrected chi connectivity index (χ4v) is 2.48. The second-order valence-electron chi connectivity index (χ2n) is 5.43. The van der Waals surface area contributed by atoms with Gasteiger partial charge >= 0.3 is 0 Å². The molecule has 0 saturated carbocycles. The fraction of sp³-hybridized carbons (Fsp3) is 0.353. The van der Waals surface area contributed by atoms with Crippen molar-refractivity contribution in [3.05, 3.63) is 36.0 Å². The van der Waals surface area contributed by atoms with E-state index in [4.69, 9.17) is 14.2 Å². The van der Waals surface area contributed by atoms with E-state index in [2.05, 4.69) is 20.4 Å². The summed E-state index contributed by atoms with van der Waals surface area (Å²) in [6.07, 6.45) is 0. The summed E-state index contributed by atoms with van der Waals surface area (Å²) in [5.74, 6) is 1.56. The van der Waals surface area contributed by atoms with Gasteiger partial charge in [0, 0.05) is 37.0 Å². The van der Waals surface area contributed by atoms with Gasteiger partial charge in [-0.05, 0) is 12.1 Å². The quantitative estimate of drug-likeness (QED) is 0.881. The van der Waals surface area contributed by atoms with Crippen molar-refractivity contribution in [2.45, 2.75) is 0 Å². The summed E-state index contributed by atoms with van der Waals surface area (Å²) < 4.78 is 15.7. The molecule has 0 bridgehead atoms. The first-order valence-electron chi connectivity index (χ1n) is 7.90. The van der Waals surface area contributed by atoms with Gasteiger partial charge < -0.3 is 24.4 Å². The molecule has 1 saturated heterocycles. The SMILES string of the molecule is COc1cc(NC(=O)c2ccc(N3CCOCC3)nn2)cc(OC)c1. The fourth-order valence-electron chi connectivity index (χ4n) is 2.48. The normalized spacial score (nSPS) is 14.1. The number of rotatable bonds is 5. The number of methoxy groups -OCH3 is 2. The molecule has 1 aromatic heterocycles. The number of nitrogens with zero attached hydrogens (tertiary/aromatic N) is 3. The second-order valence-corrected chi connectivity index (χ2v) is 5.43. The van der Waals surface area contributed by atoms with Crippen LogP contribution in [0.15, 0.2) is 30.3 Å². The maximum absolute atomic E-state index is 12.4. The van der Waals surface area contributed by atoms with Crippen LogP contribution in [0.25, 0.3) is 0 Å². The Morgan fingerprint density at radius 1 is 1.08 bits per heavy atom. The number of carbonyl (C=O) groups excluding carboxylic acids is 1. The van der Waals surface area contributed by atoms with E-state index in [-0.39, 0.29) is 11.6 Å². The summed E-state index contributed by atoms with van der Waals surface area (Å²) in [6.45, 7) is 2.87. The van der Waals surface area contributed by atoms with Gasteiger partial charge in [-0.1, -0.05) is 0 Å². The van der Waals surface area contributed by atoms with E-state index in [1.807, 2.05) is 0 Å². The van der Waals surface area contributed by atoms with Crippen molar-refractivity contribution in [1.29, 1.82) is 0 Å². The Bertz CT molecular complexity index is 708. The Hall–Kier alpha value is -2.87. The zero-order valence-electron chi connectivity index (χ0n) is 14.2. The summed E-state index contributed by atoms with van der Waals surface area (Å²) >= 11 is 0. The number of anilines is 2. The van der Waals surface area contributed by atoms with E-state index >= 15 is 0 Å². The van der Waals surface area contributed by atoms with E-state index in [0.29, 0.717) is 30.4 Å². The Morgan fingerprint density at radius 2 is 1.76 bits per heavy atom. The van der Waals surface area contributed by atoms with Crippen LogP contribution >= 0.6 is 0 Å². The minimum absolute atomic E-state index is 0.235. The van der Waals surface area contributed by atoms with Gasteiger partial charge in [0.25, 0.3) is 5.91 Å². The lowest BCUT2D eigenvalue weighted by atomic mass is 10.2. The average molecular weight is 344 g/mol. The molecule has 0 spiro atoms. The van der Waals surface area contributed by atoms with Crippen LogP contribution in [0.4, 0.5) is 11.5 Å². The van der Waals surface area contributed by atoms with Gasteiger partial charge in [-0.15, -0.1) is 10.2 Å². The largest absolute Gasteiger partial charge is 0.497 e. The van der Waals surface area contributed by atoms with E-state index < -0.39 is 0 Å². The van der Waals surface area contributed by atoms with Crippen molar-refractivity contribution >= 4 is 17.4 Å².